The summed E-state index contributed by atoms with van der Waals surface area (Å²) in [6, 6.07) is 140. The first-order chi connectivity index (χ1) is 65.4. The molecule has 9 heteroatoms. The molecule has 128 heavy (non-hydrogen) atoms. The monoisotopic (exact) mass is 1640 g/mol. The summed E-state index contributed by atoms with van der Waals surface area (Å²) in [5.41, 5.74) is 25.3. The number of benzene rings is 17. The zero-order chi connectivity index (χ0) is 89.7. The van der Waals surface area contributed by atoms with Gasteiger partial charge >= 0.3 is 0 Å². The van der Waals surface area contributed by atoms with Gasteiger partial charge in [0.2, 0.25) is 0 Å². The molecule has 0 amide bonds. The van der Waals surface area contributed by atoms with Crippen molar-refractivity contribution in [3.8, 4) is 168 Å². The number of rotatable bonds is 15. The first-order valence-electron chi connectivity index (χ1n) is 45.0. The lowest BCUT2D eigenvalue weighted by Gasteiger charge is -2.13. The smallest absolute Gasteiger partial charge is 0.161 e. The number of pyridine rings is 3. The molecule has 0 atom stereocenters. The third kappa shape index (κ3) is 17.1. The summed E-state index contributed by atoms with van der Waals surface area (Å²) in [7, 11) is 0. The van der Waals surface area contributed by atoms with Crippen LogP contribution in [0.15, 0.2) is 480 Å². The Morgan fingerprint density at radius 1 is 0.156 bits per heavy atom. The van der Waals surface area contributed by atoms with Crippen LogP contribution in [-0.2, 0) is 0 Å². The Hall–Kier alpha value is -17.3. The molecule has 0 aliphatic rings. The van der Waals surface area contributed by atoms with Gasteiger partial charge in [0.25, 0.3) is 0 Å². The fourth-order valence-corrected chi connectivity index (χ4v) is 16.6. The highest BCUT2D eigenvalue weighted by Gasteiger charge is 2.19. The summed E-state index contributed by atoms with van der Waals surface area (Å²) in [4.78, 5) is 43.1. The van der Waals surface area contributed by atoms with Crippen molar-refractivity contribution < 1.29 is 6.85 Å². The van der Waals surface area contributed by atoms with E-state index in [2.05, 4.69) is 336 Å². The van der Waals surface area contributed by atoms with E-state index in [0.717, 1.165) is 150 Å². The minimum Gasteiger partial charge on any atom is -0.264 e. The molecule has 6 aromatic heterocycles. The Kier molecular flexibility index (Phi) is 20.2. The molecule has 9 nitrogen and oxygen atoms in total. The van der Waals surface area contributed by atoms with E-state index in [1.807, 2.05) is 103 Å². The first-order valence-corrected chi connectivity index (χ1v) is 42.5. The standard InChI is InChI=1S/2C41H27N3.C37H25N3/c1-3-10-30-22-34(19-17-28(30)8-1)32-12-5-14-35(23-32)39-26-40(36-15-6-13-33(24-36)38-16-7-21-42-27-38)44-41(43-39)37-20-18-29-9-2-4-11-31(29)25-37;1-2-11-30-23-33(21-20-28(30)9-1)31-13-5-15-34(24-31)39-26-40(35-16-6-14-32(25-35)36-17-8-22-42-27-36)44-41(43-39)38-19-7-12-29-10-3-4-18-37(29)38;1-2-10-27(11-3-1)37-39-35(24-36(40-37)33-16-7-14-30(23-33)34-17-8-20-38-25-34)32-15-6-13-29(22-32)31-19-18-26-9-4-5-12-28(26)21-31/h2*1-27H;1-25H/i;;1D,2D,3D,10D,11D. The Labute approximate surface area is 749 Å². The van der Waals surface area contributed by atoms with Crippen LogP contribution < -0.4 is 0 Å². The van der Waals surface area contributed by atoms with E-state index in [0.29, 0.717) is 23.0 Å². The molecular weight excluding hydrogens is 1560 g/mol. The van der Waals surface area contributed by atoms with Gasteiger partial charge in [0.15, 0.2) is 17.5 Å². The Balaban J connectivity index is 0.000000120. The average molecular weight is 1640 g/mol. The summed E-state index contributed by atoms with van der Waals surface area (Å²) in [5, 5.41) is 11.9. The summed E-state index contributed by atoms with van der Waals surface area (Å²) in [6.45, 7) is 0. The van der Waals surface area contributed by atoms with Crippen LogP contribution in [0.3, 0.4) is 0 Å². The molecule has 0 saturated carbocycles. The Morgan fingerprint density at radius 2 is 0.406 bits per heavy atom. The van der Waals surface area contributed by atoms with Crippen LogP contribution in [0.5, 0.6) is 0 Å². The molecular formula is C119H79N9. The minimum atomic E-state index is -0.461. The summed E-state index contributed by atoms with van der Waals surface area (Å²) in [5.74, 6) is 1.46. The molecule has 23 rings (SSSR count). The van der Waals surface area contributed by atoms with Gasteiger partial charge in [0.1, 0.15) is 0 Å². The molecule has 17 aromatic carbocycles. The number of fused-ring (bicyclic) bond motifs is 5. The maximum absolute atomic E-state index is 8.62. The second-order valence-corrected chi connectivity index (χ2v) is 31.4. The molecule has 0 radical (unpaired) electrons. The fraction of sp³-hybridized carbons (Fsp3) is 0. The van der Waals surface area contributed by atoms with Crippen molar-refractivity contribution in [3.05, 3.63) is 480 Å². The van der Waals surface area contributed by atoms with E-state index in [9.17, 15) is 0 Å². The Morgan fingerprint density at radius 3 is 0.742 bits per heavy atom. The highest BCUT2D eigenvalue weighted by molar-refractivity contribution is 5.97. The van der Waals surface area contributed by atoms with Gasteiger partial charge in [-0.25, -0.2) is 29.9 Å². The van der Waals surface area contributed by atoms with Crippen molar-refractivity contribution in [2.75, 3.05) is 0 Å². The Bertz CT molecular complexity index is 8330. The SMILES string of the molecule is [2H]c1c([2H])c([2H])c(-c2nc(-c3cccc(-c4cccnc4)c3)cc(-c3cccc(-c4ccc5ccccc5c4)c3)n2)c([2H])c1[2H].c1cncc(-c2cccc(-c3cc(-c4cccc(-c5ccc6ccccc6c5)c4)nc(-c4ccc5ccccc5c4)n3)c2)c1.c1cncc(-c2cccc(-c3cc(-c4cccc(-c5ccc6ccccc6c5)c4)nc(-c4cccc5ccccc45)n3)c2)c1. The van der Waals surface area contributed by atoms with Crippen LogP contribution in [0, 0.1) is 0 Å². The van der Waals surface area contributed by atoms with Crippen LogP contribution >= 0.6 is 0 Å². The molecule has 0 N–H and O–H groups in total. The van der Waals surface area contributed by atoms with E-state index < -0.39 is 18.1 Å². The largest absolute Gasteiger partial charge is 0.264 e. The number of hydrogen-bond donors (Lipinski definition) is 0. The molecule has 0 aliphatic heterocycles. The van der Waals surface area contributed by atoms with Crippen molar-refractivity contribution in [1.29, 1.82) is 0 Å². The van der Waals surface area contributed by atoms with E-state index >= 15 is 0 Å². The third-order valence-electron chi connectivity index (χ3n) is 23.1. The number of hydrogen-bond acceptors (Lipinski definition) is 9. The summed E-state index contributed by atoms with van der Waals surface area (Å²) < 4.78 is 41.8. The van der Waals surface area contributed by atoms with Gasteiger partial charge in [-0.2, -0.15) is 0 Å². The molecule has 0 unspecified atom stereocenters. The van der Waals surface area contributed by atoms with E-state index in [-0.39, 0.29) is 23.5 Å². The van der Waals surface area contributed by atoms with Crippen LogP contribution in [0.2, 0.25) is 0 Å². The summed E-state index contributed by atoms with van der Waals surface area (Å²) >= 11 is 0. The normalized spacial score (nSPS) is 11.7. The second kappa shape index (κ2) is 35.7. The van der Waals surface area contributed by atoms with Crippen molar-refractivity contribution >= 4 is 53.9 Å². The maximum atomic E-state index is 8.62. The van der Waals surface area contributed by atoms with Gasteiger partial charge in [-0.05, 0) is 201 Å². The second-order valence-electron chi connectivity index (χ2n) is 31.4. The highest BCUT2D eigenvalue weighted by atomic mass is 14.9. The maximum Gasteiger partial charge on any atom is 0.161 e. The van der Waals surface area contributed by atoms with Crippen LogP contribution in [0.4, 0.5) is 0 Å². The van der Waals surface area contributed by atoms with Crippen molar-refractivity contribution in [2.24, 2.45) is 0 Å². The molecule has 600 valence electrons. The van der Waals surface area contributed by atoms with Crippen molar-refractivity contribution in [1.82, 2.24) is 44.9 Å². The number of nitrogens with zero attached hydrogens (tertiary/aromatic N) is 9. The molecule has 0 bridgehead atoms. The topological polar surface area (TPSA) is 116 Å². The lowest BCUT2D eigenvalue weighted by atomic mass is 9.97. The molecule has 0 aliphatic carbocycles. The van der Waals surface area contributed by atoms with Gasteiger partial charge in [-0.1, -0.05) is 346 Å². The van der Waals surface area contributed by atoms with Gasteiger partial charge in [0.05, 0.1) is 41.0 Å². The van der Waals surface area contributed by atoms with Gasteiger partial charge in [-0.3, -0.25) is 15.0 Å². The van der Waals surface area contributed by atoms with Crippen LogP contribution in [-0.4, -0.2) is 44.9 Å². The molecule has 6 heterocycles. The summed E-state index contributed by atoms with van der Waals surface area (Å²) in [6.07, 6.45) is 10.9. The highest BCUT2D eigenvalue weighted by Crippen LogP contribution is 2.40. The molecule has 0 saturated heterocycles. The van der Waals surface area contributed by atoms with Crippen LogP contribution in [0.1, 0.15) is 6.85 Å². The molecule has 0 spiro atoms. The van der Waals surface area contributed by atoms with E-state index in [4.69, 9.17) is 36.8 Å². The minimum absolute atomic E-state index is 0.0433. The fourth-order valence-electron chi connectivity index (χ4n) is 16.6. The van der Waals surface area contributed by atoms with Crippen molar-refractivity contribution in [2.45, 2.75) is 0 Å². The average Bonchev–Trinajstić information content (AvgIpc) is 1.04. The van der Waals surface area contributed by atoms with E-state index in [1.165, 1.54) is 38.1 Å². The zero-order valence-corrected chi connectivity index (χ0v) is 69.2. The van der Waals surface area contributed by atoms with E-state index in [1.54, 1.807) is 24.8 Å². The molecule has 23 aromatic rings. The quantitative estimate of drug-likeness (QED) is 0.0989. The predicted octanol–water partition coefficient (Wildman–Crippen LogP) is 30.4. The first kappa shape index (κ1) is 72.4. The van der Waals surface area contributed by atoms with Crippen LogP contribution in [0.25, 0.3) is 222 Å². The third-order valence-corrected chi connectivity index (χ3v) is 23.1. The lowest BCUT2D eigenvalue weighted by Crippen LogP contribution is -1.97. The van der Waals surface area contributed by atoms with Gasteiger partial charge in [0, 0.05) is 104 Å². The lowest BCUT2D eigenvalue weighted by molar-refractivity contribution is 1.18. The predicted molar refractivity (Wildman–Crippen MR) is 529 cm³/mol. The number of aromatic nitrogens is 9. The van der Waals surface area contributed by atoms with Gasteiger partial charge in [-0.15, -0.1) is 0 Å². The van der Waals surface area contributed by atoms with Gasteiger partial charge < -0.3 is 0 Å². The zero-order valence-electron chi connectivity index (χ0n) is 74.2. The van der Waals surface area contributed by atoms with Crippen molar-refractivity contribution in [3.63, 3.8) is 0 Å². The molecule has 0 fully saturated rings.